The van der Waals surface area contributed by atoms with E-state index in [-0.39, 0.29) is 6.61 Å². The summed E-state index contributed by atoms with van der Waals surface area (Å²) in [6, 6.07) is 6.76. The molecule has 4 aromatic rings. The lowest BCUT2D eigenvalue weighted by molar-refractivity contribution is 0.298. The molecule has 4 rings (SSSR count). The monoisotopic (exact) mass is 426 g/mol. The van der Waals surface area contributed by atoms with Crippen LogP contribution in [0.2, 0.25) is 10.0 Å². The van der Waals surface area contributed by atoms with Gasteiger partial charge in [-0.3, -0.25) is 0 Å². The number of imidazole rings is 1. The van der Waals surface area contributed by atoms with Crippen molar-refractivity contribution in [3.63, 3.8) is 0 Å². The highest BCUT2D eigenvalue weighted by atomic mass is 35.5. The van der Waals surface area contributed by atoms with Gasteiger partial charge < -0.3 is 15.4 Å². The van der Waals surface area contributed by atoms with E-state index in [1.807, 2.05) is 6.07 Å². The molecule has 0 amide bonds. The smallest absolute Gasteiger partial charge is 0.183 e. The van der Waals surface area contributed by atoms with Crippen LogP contribution >= 0.6 is 23.2 Å². The lowest BCUT2D eigenvalue weighted by atomic mass is 10.1. The van der Waals surface area contributed by atoms with Gasteiger partial charge in [-0.2, -0.15) is 5.26 Å². The lowest BCUT2D eigenvalue weighted by Crippen LogP contribution is -2.01. The van der Waals surface area contributed by atoms with Crippen molar-refractivity contribution in [2.45, 2.75) is 6.42 Å². The first-order chi connectivity index (χ1) is 14.1. The van der Waals surface area contributed by atoms with Crippen LogP contribution < -0.4 is 5.32 Å². The first-order valence-electron chi connectivity index (χ1n) is 8.38. The highest BCUT2D eigenvalue weighted by molar-refractivity contribution is 6.39. The van der Waals surface area contributed by atoms with Crippen molar-refractivity contribution in [1.82, 2.24) is 29.9 Å². The van der Waals surface area contributed by atoms with E-state index in [1.54, 1.807) is 6.07 Å². The van der Waals surface area contributed by atoms with E-state index in [1.165, 1.54) is 24.8 Å². The fraction of sp³-hybridized carbons (Fsp3) is 0.111. The van der Waals surface area contributed by atoms with Gasteiger partial charge in [0.2, 0.25) is 0 Å². The summed E-state index contributed by atoms with van der Waals surface area (Å²) in [7, 11) is 0. The second kappa shape index (κ2) is 7.97. The number of fused-ring (bicyclic) bond motifs is 1. The maximum atomic E-state index is 9.08. The van der Waals surface area contributed by atoms with Gasteiger partial charge in [0.15, 0.2) is 11.5 Å². The molecule has 0 aliphatic carbocycles. The molecule has 9 nitrogen and oxygen atoms in total. The van der Waals surface area contributed by atoms with Gasteiger partial charge in [-0.15, -0.1) is 0 Å². The fourth-order valence-electron chi connectivity index (χ4n) is 2.74. The van der Waals surface area contributed by atoms with Crippen LogP contribution in [0, 0.1) is 11.3 Å². The van der Waals surface area contributed by atoms with Gasteiger partial charge >= 0.3 is 0 Å². The largest absolute Gasteiger partial charge is 0.396 e. The van der Waals surface area contributed by atoms with Crippen LogP contribution in [0.3, 0.4) is 0 Å². The van der Waals surface area contributed by atoms with Crippen molar-refractivity contribution >= 4 is 46.0 Å². The molecule has 0 aliphatic heterocycles. The highest BCUT2D eigenvalue weighted by Crippen LogP contribution is 2.35. The average molecular weight is 427 g/mol. The van der Waals surface area contributed by atoms with E-state index < -0.39 is 0 Å². The molecule has 0 saturated carbocycles. The molecule has 1 aromatic carbocycles. The topological polar surface area (TPSA) is 136 Å². The number of nitrogens with zero attached hydrogens (tertiary/aromatic N) is 6. The number of aromatic nitrogens is 6. The molecule has 3 aromatic heterocycles. The number of aliphatic hydroxyl groups is 1. The average Bonchev–Trinajstić information content (AvgIpc) is 3.12. The van der Waals surface area contributed by atoms with Crippen LogP contribution in [-0.2, 0) is 6.42 Å². The van der Waals surface area contributed by atoms with Crippen LogP contribution in [0.15, 0.2) is 30.9 Å². The van der Waals surface area contributed by atoms with E-state index in [0.717, 1.165) is 0 Å². The summed E-state index contributed by atoms with van der Waals surface area (Å²) in [6.45, 7) is -0.00970. The van der Waals surface area contributed by atoms with E-state index in [4.69, 9.17) is 33.6 Å². The normalized spacial score (nSPS) is 10.8. The number of H-pyrrole nitrogens is 1. The summed E-state index contributed by atoms with van der Waals surface area (Å²) >= 11 is 12.6. The molecule has 0 bridgehead atoms. The molecule has 0 spiro atoms. The number of benzene rings is 1. The Morgan fingerprint density at radius 1 is 1.07 bits per heavy atom. The number of anilines is 2. The molecule has 0 saturated heterocycles. The van der Waals surface area contributed by atoms with Crippen molar-refractivity contribution in [2.24, 2.45) is 0 Å². The summed E-state index contributed by atoms with van der Waals surface area (Å²) in [5.74, 6) is 1.35. The Bertz CT molecular complexity index is 1230. The standard InChI is InChI=1S/C18H12Cl2N8O/c19-11-3-9(6-21)4-12(20)14(11)16-27-15-17(24-8-25-18(15)28-16)26-13-5-10(1-2-29)22-7-23-13/h3-5,7-8,29H,1-2H2,(H2,22,23,24,25,26,27,28). The Labute approximate surface area is 174 Å². The Kier molecular flexibility index (Phi) is 5.22. The number of aromatic amines is 1. The SMILES string of the molecule is N#Cc1cc(Cl)c(-c2nc3ncnc(Nc4cc(CCO)ncn4)c3[nH]2)c(Cl)c1. The van der Waals surface area contributed by atoms with Crippen molar-refractivity contribution in [3.05, 3.63) is 52.2 Å². The number of nitrogens with one attached hydrogen (secondary N) is 2. The molecule has 144 valence electrons. The molecule has 0 fully saturated rings. The number of aliphatic hydroxyl groups excluding tert-OH is 1. The van der Waals surface area contributed by atoms with Crippen LogP contribution in [0.4, 0.5) is 11.6 Å². The van der Waals surface area contributed by atoms with Gasteiger partial charge in [-0.05, 0) is 12.1 Å². The van der Waals surface area contributed by atoms with Crippen molar-refractivity contribution in [3.8, 4) is 17.5 Å². The zero-order valence-electron chi connectivity index (χ0n) is 14.7. The Morgan fingerprint density at radius 3 is 2.55 bits per heavy atom. The highest BCUT2D eigenvalue weighted by Gasteiger charge is 2.17. The minimum Gasteiger partial charge on any atom is -0.396 e. The van der Waals surface area contributed by atoms with Gasteiger partial charge in [-0.25, -0.2) is 24.9 Å². The van der Waals surface area contributed by atoms with Crippen molar-refractivity contribution < 1.29 is 5.11 Å². The molecule has 11 heteroatoms. The second-order valence-electron chi connectivity index (χ2n) is 5.93. The van der Waals surface area contributed by atoms with Crippen LogP contribution in [0.25, 0.3) is 22.6 Å². The van der Waals surface area contributed by atoms with Crippen LogP contribution in [0.1, 0.15) is 11.3 Å². The molecule has 3 heterocycles. The summed E-state index contributed by atoms with van der Waals surface area (Å²) in [4.78, 5) is 24.2. The quantitative estimate of drug-likeness (QED) is 0.442. The number of halogens is 2. The molecular formula is C18H12Cl2N8O. The third-order valence-electron chi connectivity index (χ3n) is 4.03. The maximum absolute atomic E-state index is 9.08. The summed E-state index contributed by atoms with van der Waals surface area (Å²) in [5, 5.41) is 21.8. The first-order valence-corrected chi connectivity index (χ1v) is 9.13. The fourth-order valence-corrected chi connectivity index (χ4v) is 3.41. The Balaban J connectivity index is 1.75. The van der Waals surface area contributed by atoms with Crippen molar-refractivity contribution in [2.75, 3.05) is 11.9 Å². The maximum Gasteiger partial charge on any atom is 0.183 e. The van der Waals surface area contributed by atoms with E-state index in [2.05, 4.69) is 35.2 Å². The van der Waals surface area contributed by atoms with Crippen LogP contribution in [0.5, 0.6) is 0 Å². The molecule has 0 radical (unpaired) electrons. The number of nitriles is 1. The van der Waals surface area contributed by atoms with Gasteiger partial charge in [0.05, 0.1) is 27.2 Å². The summed E-state index contributed by atoms with van der Waals surface area (Å²) in [6.07, 6.45) is 3.19. The molecule has 29 heavy (non-hydrogen) atoms. The van der Waals surface area contributed by atoms with Gasteiger partial charge in [0, 0.05) is 24.8 Å². The Hall–Kier alpha value is -3.32. The lowest BCUT2D eigenvalue weighted by Gasteiger charge is -2.06. The van der Waals surface area contributed by atoms with Gasteiger partial charge in [0.25, 0.3) is 0 Å². The Morgan fingerprint density at radius 2 is 1.83 bits per heavy atom. The molecular weight excluding hydrogens is 415 g/mol. The van der Waals surface area contributed by atoms with E-state index >= 15 is 0 Å². The third-order valence-corrected chi connectivity index (χ3v) is 4.63. The van der Waals surface area contributed by atoms with Crippen LogP contribution in [-0.4, -0.2) is 41.6 Å². The van der Waals surface area contributed by atoms with Gasteiger partial charge in [-0.1, -0.05) is 23.2 Å². The summed E-state index contributed by atoms with van der Waals surface area (Å²) < 4.78 is 0. The number of hydrogen-bond donors (Lipinski definition) is 3. The van der Waals surface area contributed by atoms with E-state index in [9.17, 15) is 0 Å². The number of hydrogen-bond acceptors (Lipinski definition) is 8. The first kappa shape index (κ1) is 19.0. The minimum absolute atomic E-state index is 0.00970. The predicted molar refractivity (Wildman–Crippen MR) is 108 cm³/mol. The predicted octanol–water partition coefficient (Wildman–Crippen LogP) is 3.27. The van der Waals surface area contributed by atoms with E-state index in [0.29, 0.717) is 61.9 Å². The number of rotatable bonds is 5. The third kappa shape index (κ3) is 3.82. The second-order valence-corrected chi connectivity index (χ2v) is 6.74. The molecule has 3 N–H and O–H groups in total. The van der Waals surface area contributed by atoms with Crippen molar-refractivity contribution in [1.29, 1.82) is 5.26 Å². The zero-order chi connectivity index (χ0) is 20.4. The zero-order valence-corrected chi connectivity index (χ0v) is 16.2. The van der Waals surface area contributed by atoms with Gasteiger partial charge in [0.1, 0.15) is 29.8 Å². The molecule has 0 atom stereocenters. The minimum atomic E-state index is -0.00970. The molecule has 0 aliphatic rings. The molecule has 0 unspecified atom stereocenters. The summed E-state index contributed by atoms with van der Waals surface area (Å²) in [5.41, 5.74) is 2.43.